The molecule has 2 radical (unpaired) electrons. The summed E-state index contributed by atoms with van der Waals surface area (Å²) in [5, 5.41) is 14.8. The first-order valence-electron chi connectivity index (χ1n) is 1.11. The average Bonchev–Trinajstić information content (AvgIpc) is 1.36. The topological polar surface area (TPSA) is 74.6 Å². The Balaban J connectivity index is -0.000000125. The van der Waals surface area contributed by atoms with Crippen molar-refractivity contribution in [3.63, 3.8) is 0 Å². The molecule has 0 aromatic heterocycles. The van der Waals surface area contributed by atoms with Crippen molar-refractivity contribution in [1.82, 2.24) is 0 Å². The number of carboxylic acids is 2. The van der Waals surface area contributed by atoms with Crippen LogP contribution in [0, 0.1) is 0 Å². The van der Waals surface area contributed by atoms with Crippen molar-refractivity contribution >= 4 is 11.9 Å². The molecule has 0 spiro atoms. The Morgan fingerprint density at radius 2 is 1.00 bits per heavy atom. The molecule has 0 saturated heterocycles. The first kappa shape index (κ1) is 15.7. The number of hydrogen-bond donors (Lipinski definition) is 2. The van der Waals surface area contributed by atoms with Crippen molar-refractivity contribution in [1.29, 1.82) is 0 Å². The van der Waals surface area contributed by atoms with Crippen LogP contribution < -0.4 is 0 Å². The van der Waals surface area contributed by atoms with E-state index in [0.29, 0.717) is 0 Å². The van der Waals surface area contributed by atoms with Gasteiger partial charge in [-0.1, -0.05) is 0 Å². The average molecular weight is 286 g/mol. The maximum Gasteiger partial charge on any atom is 0.414 e. The fourth-order valence-electron chi connectivity index (χ4n) is 0. The van der Waals surface area contributed by atoms with Gasteiger partial charge >= 0.3 is 11.9 Å². The van der Waals surface area contributed by atoms with E-state index in [1.807, 2.05) is 0 Å². The molecule has 0 heterocycles. The number of rotatable bonds is 0. The molecular weight excluding hydrogens is 284 g/mol. The van der Waals surface area contributed by atoms with E-state index in [9.17, 15) is 0 Å². The van der Waals surface area contributed by atoms with Gasteiger partial charge in [0.2, 0.25) is 0 Å². The summed E-state index contributed by atoms with van der Waals surface area (Å²) in [5.41, 5.74) is 0. The first-order valence-corrected chi connectivity index (χ1v) is 1.11. The fourth-order valence-corrected chi connectivity index (χ4v) is 0. The molecule has 0 amide bonds. The second kappa shape index (κ2) is 7.24. The monoisotopic (exact) mass is 284 g/mol. The molecule has 0 atom stereocenters. The zero-order valence-corrected chi connectivity index (χ0v) is 7.18. The maximum atomic E-state index is 9.10. The summed E-state index contributed by atoms with van der Waals surface area (Å²) in [7, 11) is 0. The van der Waals surface area contributed by atoms with Crippen LogP contribution >= 0.6 is 0 Å². The van der Waals surface area contributed by atoms with Gasteiger partial charge in [-0.2, -0.15) is 0 Å². The molecule has 0 rings (SSSR count). The third kappa shape index (κ3) is 9.53. The van der Waals surface area contributed by atoms with Crippen molar-refractivity contribution in [2.24, 2.45) is 0 Å². The molecular formula is C2H2O4Tc2. The number of hydrogen-bond acceptors (Lipinski definition) is 2. The van der Waals surface area contributed by atoms with Crippen LogP contribution in [-0.2, 0) is 49.8 Å². The van der Waals surface area contributed by atoms with E-state index in [1.54, 1.807) is 0 Å². The minimum Gasteiger partial charge on any atom is -0.473 e. The molecule has 0 fully saturated rings. The molecule has 0 aromatic carbocycles. The molecule has 0 saturated carbocycles. The Labute approximate surface area is 72.0 Å². The van der Waals surface area contributed by atoms with Gasteiger partial charge in [0.25, 0.3) is 0 Å². The van der Waals surface area contributed by atoms with Crippen LogP contribution in [0.1, 0.15) is 0 Å². The number of aliphatic carboxylic acids is 2. The molecule has 0 aliphatic heterocycles. The van der Waals surface area contributed by atoms with Crippen LogP contribution in [0.25, 0.3) is 0 Å². The van der Waals surface area contributed by atoms with E-state index in [-0.39, 0.29) is 40.2 Å². The van der Waals surface area contributed by atoms with Crippen LogP contribution in [0.4, 0.5) is 0 Å². The Kier molecular flexibility index (Phi) is 14.2. The van der Waals surface area contributed by atoms with E-state index in [0.717, 1.165) is 0 Å². The van der Waals surface area contributed by atoms with E-state index in [1.165, 1.54) is 0 Å². The molecule has 0 aliphatic carbocycles. The second-order valence-electron chi connectivity index (χ2n) is 0.610. The first-order chi connectivity index (χ1) is 2.64. The van der Waals surface area contributed by atoms with Gasteiger partial charge < -0.3 is 10.2 Å². The van der Waals surface area contributed by atoms with Gasteiger partial charge in [-0.25, -0.2) is 9.59 Å². The molecule has 6 heteroatoms. The third-order valence-corrected chi connectivity index (χ3v) is 0.183. The summed E-state index contributed by atoms with van der Waals surface area (Å²) >= 11 is 0. The second-order valence-corrected chi connectivity index (χ2v) is 0.610. The van der Waals surface area contributed by atoms with Crippen molar-refractivity contribution in [2.75, 3.05) is 0 Å². The minimum atomic E-state index is -1.82. The number of carboxylic acid groups (broad SMARTS) is 2. The third-order valence-electron chi connectivity index (χ3n) is 0.183. The van der Waals surface area contributed by atoms with Gasteiger partial charge in [0.1, 0.15) is 0 Å². The van der Waals surface area contributed by atoms with Crippen molar-refractivity contribution in [2.45, 2.75) is 0 Å². The molecule has 0 unspecified atom stereocenters. The van der Waals surface area contributed by atoms with Gasteiger partial charge in [-0.15, -0.1) is 0 Å². The Morgan fingerprint density at radius 3 is 1.00 bits per heavy atom. The molecule has 0 aliphatic rings. The Hall–Kier alpha value is 0.239. The van der Waals surface area contributed by atoms with E-state index >= 15 is 0 Å². The van der Waals surface area contributed by atoms with Gasteiger partial charge in [-0.3, -0.25) is 0 Å². The van der Waals surface area contributed by atoms with Gasteiger partial charge in [0.05, 0.1) is 0 Å². The molecule has 0 bridgehead atoms. The molecule has 4 nitrogen and oxygen atoms in total. The summed E-state index contributed by atoms with van der Waals surface area (Å²) in [6.07, 6.45) is 0. The van der Waals surface area contributed by atoms with Gasteiger partial charge in [0, 0.05) is 40.2 Å². The van der Waals surface area contributed by atoms with Crippen LogP contribution in [0.2, 0.25) is 0 Å². The summed E-state index contributed by atoms with van der Waals surface area (Å²) in [4.78, 5) is 18.2. The largest absolute Gasteiger partial charge is 0.473 e. The minimum absolute atomic E-state index is 0. The van der Waals surface area contributed by atoms with Crippen LogP contribution in [0.15, 0.2) is 0 Å². The maximum absolute atomic E-state index is 9.10. The van der Waals surface area contributed by atoms with E-state index in [4.69, 9.17) is 19.8 Å². The molecule has 48 valence electrons. The predicted molar refractivity (Wildman–Crippen MR) is 15.3 cm³/mol. The molecule has 0 aromatic rings. The smallest absolute Gasteiger partial charge is 0.414 e. The van der Waals surface area contributed by atoms with Crippen LogP contribution in [-0.4, -0.2) is 22.2 Å². The fraction of sp³-hybridized carbons (Fsp3) is 0. The van der Waals surface area contributed by atoms with Crippen LogP contribution in [0.3, 0.4) is 0 Å². The Bertz CT molecular complexity index is 78.0. The SMILES string of the molecule is O=C(O)C(=O)O.[Tc].[Tc]. The summed E-state index contributed by atoms with van der Waals surface area (Å²) < 4.78 is 0. The quantitative estimate of drug-likeness (QED) is 0.569. The van der Waals surface area contributed by atoms with Crippen LogP contribution in [0.5, 0.6) is 0 Å². The predicted octanol–water partition coefficient (Wildman–Crippen LogP) is -0.849. The van der Waals surface area contributed by atoms with Gasteiger partial charge in [-0.05, 0) is 0 Å². The van der Waals surface area contributed by atoms with Crippen molar-refractivity contribution in [3.05, 3.63) is 0 Å². The van der Waals surface area contributed by atoms with Crippen molar-refractivity contribution < 1.29 is 60.0 Å². The zero-order valence-electron chi connectivity index (χ0n) is 3.47. The Morgan fingerprint density at radius 1 is 0.875 bits per heavy atom. The summed E-state index contributed by atoms with van der Waals surface area (Å²) in [5.74, 6) is -3.65. The normalized spacial score (nSPS) is 5.50. The number of carbonyl (C=O) groups is 2. The molecule has 2 N–H and O–H groups in total. The van der Waals surface area contributed by atoms with Gasteiger partial charge in [0.15, 0.2) is 0 Å². The standard InChI is InChI=1S/C2H2O4.2Tc/c3-1(4)2(5)6;;/h(H,3,4)(H,5,6);;. The zero-order chi connectivity index (χ0) is 5.15. The van der Waals surface area contributed by atoms with E-state index in [2.05, 4.69) is 0 Å². The summed E-state index contributed by atoms with van der Waals surface area (Å²) in [6, 6.07) is 0. The van der Waals surface area contributed by atoms with E-state index < -0.39 is 11.9 Å². The van der Waals surface area contributed by atoms with Crippen molar-refractivity contribution in [3.8, 4) is 0 Å². The molecule has 8 heavy (non-hydrogen) atoms. The summed E-state index contributed by atoms with van der Waals surface area (Å²) in [6.45, 7) is 0.